The maximum Gasteiger partial charge on any atom is 0.226 e. The molecule has 0 aliphatic heterocycles. The molecule has 327 valence electrons. The van der Waals surface area contributed by atoms with Gasteiger partial charge in [-0.3, -0.25) is 35.1 Å². The van der Waals surface area contributed by atoms with E-state index in [9.17, 15) is 33.6 Å². The van der Waals surface area contributed by atoms with Crippen LogP contribution in [0, 0.1) is 35.5 Å². The predicted molar refractivity (Wildman–Crippen MR) is 236 cm³/mol. The van der Waals surface area contributed by atoms with Crippen LogP contribution >= 0.6 is 0 Å². The van der Waals surface area contributed by atoms with E-state index in [-0.39, 0.29) is 125 Å². The number of nitrogens with zero attached hydrogens (tertiary/aromatic N) is 1. The molecular weight excluding hydrogens is 841 g/mol. The van der Waals surface area contributed by atoms with Crippen molar-refractivity contribution in [2.75, 3.05) is 13.1 Å². The van der Waals surface area contributed by atoms with Gasteiger partial charge in [0.05, 0.1) is 6.54 Å². The van der Waals surface area contributed by atoms with Gasteiger partial charge in [-0.2, -0.15) is 0 Å². The largest absolute Gasteiger partial charge is 0.542 e. The molecule has 0 saturated carbocycles. The molecule has 3 aromatic carbocycles. The minimum absolute atomic E-state index is 0. The number of hydrogen-bond acceptors (Lipinski definition) is 8. The van der Waals surface area contributed by atoms with Crippen molar-refractivity contribution in [2.45, 2.75) is 118 Å². The first-order valence-corrected chi connectivity index (χ1v) is 21.9. The summed E-state index contributed by atoms with van der Waals surface area (Å²) in [7, 11) is 0. The molecule has 9 nitrogen and oxygen atoms in total. The van der Waals surface area contributed by atoms with Gasteiger partial charge in [0.1, 0.15) is 23.1 Å². The van der Waals surface area contributed by atoms with Gasteiger partial charge < -0.3 is 15.4 Å². The van der Waals surface area contributed by atoms with E-state index in [0.717, 1.165) is 23.1 Å². The summed E-state index contributed by atoms with van der Waals surface area (Å²) in [6.07, 6.45) is 5.82. The molecule has 0 aromatic heterocycles. The first-order valence-electron chi connectivity index (χ1n) is 21.9. The van der Waals surface area contributed by atoms with Crippen LogP contribution in [0.25, 0.3) is 0 Å². The van der Waals surface area contributed by atoms with Gasteiger partial charge in [-0.15, -0.1) is 5.92 Å². The number of rotatable bonds is 31. The van der Waals surface area contributed by atoms with Gasteiger partial charge in [-0.05, 0) is 74.1 Å². The number of Topliss-reactive ketones (excluding diaryl/α,β-unsaturated/α-hetero) is 5. The van der Waals surface area contributed by atoms with Crippen molar-refractivity contribution in [3.8, 4) is 0 Å². The van der Waals surface area contributed by atoms with Gasteiger partial charge in [-0.1, -0.05) is 125 Å². The van der Waals surface area contributed by atoms with Crippen LogP contribution in [0.1, 0.15) is 115 Å². The number of hydrogen-bond donors (Lipinski definition) is 1. The molecule has 10 heteroatoms. The molecule has 0 aliphatic carbocycles. The Morgan fingerprint density at radius 3 is 1.59 bits per heavy atom. The Hall–Kier alpha value is -3.79. The van der Waals surface area contributed by atoms with Crippen molar-refractivity contribution in [3.05, 3.63) is 108 Å². The fraction of sp³-hybridized carbons (Fsp3) is 0.510. The molecule has 61 heavy (non-hydrogen) atoms. The van der Waals surface area contributed by atoms with Crippen LogP contribution in [-0.4, -0.2) is 59.1 Å². The van der Waals surface area contributed by atoms with E-state index in [1.165, 1.54) is 4.90 Å². The van der Waals surface area contributed by atoms with Crippen LogP contribution < -0.4 is 5.73 Å². The van der Waals surface area contributed by atoms with Gasteiger partial charge in [-0.25, -0.2) is 0 Å². The summed E-state index contributed by atoms with van der Waals surface area (Å²) >= 11 is 0. The smallest absolute Gasteiger partial charge is 0.226 e. The second-order valence-corrected chi connectivity index (χ2v) is 17.0. The van der Waals surface area contributed by atoms with E-state index in [1.54, 1.807) is 6.92 Å². The van der Waals surface area contributed by atoms with Crippen molar-refractivity contribution < 1.29 is 66.3 Å². The first kappa shape index (κ1) is 53.4. The van der Waals surface area contributed by atoms with E-state index < -0.39 is 29.6 Å². The zero-order valence-corrected chi connectivity index (χ0v) is 39.7. The van der Waals surface area contributed by atoms with Crippen LogP contribution in [0.4, 0.5) is 0 Å². The van der Waals surface area contributed by atoms with Crippen molar-refractivity contribution in [1.82, 2.24) is 4.90 Å². The van der Waals surface area contributed by atoms with E-state index >= 15 is 0 Å². The SMILES string of the molecule is CCCC(=O)CC(CCCCN)C(=O)CC(CC(C)C)C(=O)N(CC(=O)CC(Cc1ccccc1)C(=O)CC(Cc1ccccc1)C(=O)CC(C)[C-]=O)Cc1ccccc1.[Y]. The number of carbonyl (C=O) groups excluding carboxylic acids is 7. The van der Waals surface area contributed by atoms with E-state index in [4.69, 9.17) is 5.73 Å². The second kappa shape index (κ2) is 29.5. The van der Waals surface area contributed by atoms with Crippen molar-refractivity contribution in [1.29, 1.82) is 0 Å². The Morgan fingerprint density at radius 1 is 0.607 bits per heavy atom. The molecule has 3 rings (SSSR count). The molecule has 1 amide bonds. The normalized spacial score (nSPS) is 13.5. The van der Waals surface area contributed by atoms with E-state index in [2.05, 4.69) is 0 Å². The van der Waals surface area contributed by atoms with Gasteiger partial charge in [0, 0.05) is 95.0 Å². The molecule has 0 spiro atoms. The molecule has 0 heterocycles. The molecule has 5 atom stereocenters. The van der Waals surface area contributed by atoms with Crippen molar-refractivity contribution in [3.63, 3.8) is 0 Å². The average molecular weight is 909 g/mol. The van der Waals surface area contributed by atoms with Crippen LogP contribution in [-0.2, 0) is 85.7 Å². The summed E-state index contributed by atoms with van der Waals surface area (Å²) in [5.74, 6) is -4.31. The molecule has 0 saturated heterocycles. The summed E-state index contributed by atoms with van der Waals surface area (Å²) in [6, 6.07) is 28.2. The number of ketones is 5. The topological polar surface area (TPSA) is 149 Å². The first-order chi connectivity index (χ1) is 28.8. The zero-order chi connectivity index (χ0) is 43.9. The Morgan fingerprint density at radius 2 is 1.08 bits per heavy atom. The minimum atomic E-state index is -0.766. The molecule has 3 aromatic rings. The summed E-state index contributed by atoms with van der Waals surface area (Å²) in [4.78, 5) is 96.5. The van der Waals surface area contributed by atoms with Gasteiger partial charge in [0.2, 0.25) is 5.91 Å². The second-order valence-electron chi connectivity index (χ2n) is 17.0. The zero-order valence-electron chi connectivity index (χ0n) is 36.9. The number of nitrogens with two attached hydrogens (primary N) is 1. The molecule has 1 radical (unpaired) electrons. The maximum absolute atomic E-state index is 14.7. The van der Waals surface area contributed by atoms with Crippen LogP contribution in [0.15, 0.2) is 91.0 Å². The summed E-state index contributed by atoms with van der Waals surface area (Å²) in [5.41, 5.74) is 8.32. The third-order valence-electron chi connectivity index (χ3n) is 11.1. The fourth-order valence-electron chi connectivity index (χ4n) is 7.96. The van der Waals surface area contributed by atoms with Crippen molar-refractivity contribution >= 4 is 41.1 Å². The quantitative estimate of drug-likeness (QED) is 0.0500. The minimum Gasteiger partial charge on any atom is -0.542 e. The number of amides is 1. The monoisotopic (exact) mass is 908 g/mol. The van der Waals surface area contributed by atoms with E-state index in [1.807, 2.05) is 118 Å². The molecule has 2 N–H and O–H groups in total. The maximum atomic E-state index is 14.7. The third-order valence-corrected chi connectivity index (χ3v) is 11.1. The van der Waals surface area contributed by atoms with E-state index in [0.29, 0.717) is 45.1 Å². The van der Waals surface area contributed by atoms with Gasteiger partial charge in [0.15, 0.2) is 5.78 Å². The van der Waals surface area contributed by atoms with Crippen molar-refractivity contribution in [2.24, 2.45) is 41.2 Å². The van der Waals surface area contributed by atoms with Gasteiger partial charge in [0.25, 0.3) is 0 Å². The number of benzene rings is 3. The Balaban J connectivity index is 0.0000128. The summed E-state index contributed by atoms with van der Waals surface area (Å²) in [6.45, 7) is 7.92. The van der Waals surface area contributed by atoms with Crippen LogP contribution in [0.2, 0.25) is 0 Å². The number of unbranched alkanes of at least 4 members (excludes halogenated alkanes) is 1. The Labute approximate surface area is 389 Å². The molecule has 0 bridgehead atoms. The Kier molecular flexibility index (Phi) is 25.8. The van der Waals surface area contributed by atoms with Crippen LogP contribution in [0.5, 0.6) is 0 Å². The molecule has 0 fully saturated rings. The summed E-state index contributed by atoms with van der Waals surface area (Å²) in [5, 5.41) is 0. The Bertz CT molecular complexity index is 1800. The molecule has 0 aliphatic rings. The fourth-order valence-corrected chi connectivity index (χ4v) is 7.96. The standard InChI is InChI=1S/C51H67N2O7.Y/c1-5-17-46(55)30-42(24-15-16-25-52)49(58)33-45(26-37(2)3)51(60)53(34-41-22-13-8-14-23-41)35-47(56)31-43(28-39-18-9-6-10-19-39)50(59)32-44(48(57)27-38(4)36-54)29-40-20-11-7-12-21-40;/h6-14,18-23,37-38,42-45H,5,15-17,24-35,52H2,1-4H3;/q-1;. The molecular formula is C51H67N2O7Y-. The summed E-state index contributed by atoms with van der Waals surface area (Å²) < 4.78 is 0. The van der Waals surface area contributed by atoms with Crippen LogP contribution in [0.3, 0.4) is 0 Å². The third kappa shape index (κ3) is 20.3. The van der Waals surface area contributed by atoms with Gasteiger partial charge >= 0.3 is 0 Å². The molecule has 5 unspecified atom stereocenters. The number of carbonyl (C=O) groups is 6. The predicted octanol–water partition coefficient (Wildman–Crippen LogP) is 8.48. The average Bonchev–Trinajstić information content (AvgIpc) is 3.23.